The van der Waals surface area contributed by atoms with E-state index in [1.54, 1.807) is 0 Å². The minimum Gasteiger partial charge on any atom is -0.392 e. The molecule has 28 heavy (non-hydrogen) atoms. The van der Waals surface area contributed by atoms with Gasteiger partial charge in [-0.15, -0.1) is 0 Å². The van der Waals surface area contributed by atoms with E-state index in [1.807, 2.05) is 11.0 Å². The van der Waals surface area contributed by atoms with Crippen molar-refractivity contribution in [1.82, 2.24) is 20.0 Å². The van der Waals surface area contributed by atoms with Gasteiger partial charge in [-0.2, -0.15) is 5.10 Å². The van der Waals surface area contributed by atoms with Crippen LogP contribution in [0.3, 0.4) is 0 Å². The maximum absolute atomic E-state index is 12.8. The van der Waals surface area contributed by atoms with Crippen molar-refractivity contribution < 1.29 is 14.6 Å². The molecule has 1 aromatic rings. The fourth-order valence-electron chi connectivity index (χ4n) is 5.30. The molecule has 0 aliphatic carbocycles. The molecular formula is C21H34N4O3. The summed E-state index contributed by atoms with van der Waals surface area (Å²) in [5.41, 5.74) is 1.69. The van der Waals surface area contributed by atoms with Crippen molar-refractivity contribution in [2.75, 3.05) is 39.4 Å². The third-order valence-corrected chi connectivity index (χ3v) is 6.84. The summed E-state index contributed by atoms with van der Waals surface area (Å²) in [7, 11) is 0. The summed E-state index contributed by atoms with van der Waals surface area (Å²) < 4.78 is 5.51. The average molecular weight is 391 g/mol. The van der Waals surface area contributed by atoms with Crippen molar-refractivity contribution in [3.05, 3.63) is 17.5 Å². The van der Waals surface area contributed by atoms with Gasteiger partial charge < -0.3 is 14.7 Å². The third kappa shape index (κ3) is 4.26. The second-order valence-electron chi connectivity index (χ2n) is 8.95. The van der Waals surface area contributed by atoms with Crippen LogP contribution in [0, 0.1) is 5.41 Å². The van der Waals surface area contributed by atoms with Gasteiger partial charge in [0.1, 0.15) is 5.69 Å². The number of aliphatic hydroxyl groups excluding tert-OH is 1. The molecule has 1 unspecified atom stereocenters. The number of aliphatic hydroxyl groups is 1. The zero-order valence-electron chi connectivity index (χ0n) is 17.0. The lowest BCUT2D eigenvalue weighted by molar-refractivity contribution is -0.0695. The molecular weight excluding hydrogens is 356 g/mol. The normalized spacial score (nSPS) is 26.6. The molecule has 156 valence electrons. The molecule has 1 amide bonds. The number of H-pyrrole nitrogens is 1. The minimum absolute atomic E-state index is 0.0334. The van der Waals surface area contributed by atoms with Crippen LogP contribution in [0.1, 0.15) is 61.6 Å². The van der Waals surface area contributed by atoms with Gasteiger partial charge in [0.2, 0.25) is 0 Å². The van der Waals surface area contributed by atoms with Gasteiger partial charge in [0.15, 0.2) is 0 Å². The SMILES string of the molecule is CCCc1cc(C(=O)N2CCC3(CC2)CC(O)CN(C2CCOCC2)C3)n[nH]1. The van der Waals surface area contributed by atoms with E-state index in [0.29, 0.717) is 11.7 Å². The zero-order valence-corrected chi connectivity index (χ0v) is 17.0. The van der Waals surface area contributed by atoms with E-state index in [1.165, 1.54) is 0 Å². The van der Waals surface area contributed by atoms with Crippen molar-refractivity contribution in [3.8, 4) is 0 Å². The maximum atomic E-state index is 12.8. The number of likely N-dealkylation sites (tertiary alicyclic amines) is 2. The number of rotatable bonds is 4. The quantitative estimate of drug-likeness (QED) is 0.820. The fraction of sp³-hybridized carbons (Fsp3) is 0.810. The number of ether oxygens (including phenoxy) is 1. The van der Waals surface area contributed by atoms with Crippen LogP contribution in [0.4, 0.5) is 0 Å². The number of carbonyl (C=O) groups excluding carboxylic acids is 1. The highest BCUT2D eigenvalue weighted by atomic mass is 16.5. The lowest BCUT2D eigenvalue weighted by Crippen LogP contribution is -2.57. The number of nitrogens with one attached hydrogen (secondary N) is 1. The highest BCUT2D eigenvalue weighted by Crippen LogP contribution is 2.41. The molecule has 3 saturated heterocycles. The molecule has 4 rings (SSSR count). The standard InChI is InChI=1S/C21H34N4O3/c1-2-3-16-12-19(23-22-16)20(27)24-8-6-21(7-9-24)13-18(26)14-25(15-21)17-4-10-28-11-5-17/h12,17-18,26H,2-11,13-15H2,1H3,(H,22,23). The van der Waals surface area contributed by atoms with Crippen LogP contribution < -0.4 is 0 Å². The lowest BCUT2D eigenvalue weighted by Gasteiger charge is -2.51. The Hall–Kier alpha value is -1.44. The topological polar surface area (TPSA) is 81.7 Å². The van der Waals surface area contributed by atoms with Gasteiger partial charge >= 0.3 is 0 Å². The number of amides is 1. The van der Waals surface area contributed by atoms with Crippen LogP contribution in [-0.4, -0.2) is 82.5 Å². The summed E-state index contributed by atoms with van der Waals surface area (Å²) in [6.07, 6.45) is 6.60. The third-order valence-electron chi connectivity index (χ3n) is 6.84. The number of hydrogen-bond acceptors (Lipinski definition) is 5. The Bertz CT molecular complexity index is 662. The van der Waals surface area contributed by atoms with E-state index in [0.717, 1.165) is 90.0 Å². The van der Waals surface area contributed by atoms with E-state index >= 15 is 0 Å². The molecule has 3 fully saturated rings. The highest BCUT2D eigenvalue weighted by Gasteiger charge is 2.44. The first kappa shape index (κ1) is 19.9. The van der Waals surface area contributed by atoms with Gasteiger partial charge in [-0.25, -0.2) is 0 Å². The van der Waals surface area contributed by atoms with Gasteiger partial charge in [-0.05, 0) is 50.0 Å². The first-order chi connectivity index (χ1) is 13.6. The van der Waals surface area contributed by atoms with Gasteiger partial charge in [0, 0.05) is 51.1 Å². The summed E-state index contributed by atoms with van der Waals surface area (Å²) in [4.78, 5) is 17.3. The Labute approximate surface area is 167 Å². The Morgan fingerprint density at radius 1 is 1.36 bits per heavy atom. The van der Waals surface area contributed by atoms with Gasteiger partial charge in [0.25, 0.3) is 5.91 Å². The Morgan fingerprint density at radius 2 is 2.11 bits per heavy atom. The number of piperidine rings is 2. The van der Waals surface area contributed by atoms with Crippen LogP contribution in [0.5, 0.6) is 0 Å². The summed E-state index contributed by atoms with van der Waals surface area (Å²) in [5, 5.41) is 17.8. The molecule has 1 spiro atoms. The second-order valence-corrected chi connectivity index (χ2v) is 8.95. The molecule has 0 aromatic carbocycles. The molecule has 1 atom stereocenters. The summed E-state index contributed by atoms with van der Waals surface area (Å²) in [6.45, 7) is 7.11. The van der Waals surface area contributed by atoms with E-state index in [-0.39, 0.29) is 17.4 Å². The largest absolute Gasteiger partial charge is 0.392 e. The first-order valence-electron chi connectivity index (χ1n) is 10.9. The predicted molar refractivity (Wildman–Crippen MR) is 106 cm³/mol. The summed E-state index contributed by atoms with van der Waals surface area (Å²) in [6, 6.07) is 2.43. The number of carbonyl (C=O) groups is 1. The molecule has 7 heteroatoms. The smallest absolute Gasteiger partial charge is 0.274 e. The zero-order chi connectivity index (χ0) is 19.6. The number of aryl methyl sites for hydroxylation is 1. The lowest BCUT2D eigenvalue weighted by atomic mass is 9.71. The van der Waals surface area contributed by atoms with E-state index in [4.69, 9.17) is 4.74 Å². The Balaban J connectivity index is 1.37. The van der Waals surface area contributed by atoms with Crippen molar-refractivity contribution >= 4 is 5.91 Å². The van der Waals surface area contributed by atoms with Crippen molar-refractivity contribution in [2.24, 2.45) is 5.41 Å². The summed E-state index contributed by atoms with van der Waals surface area (Å²) in [5.74, 6) is 0.0334. The Morgan fingerprint density at radius 3 is 2.82 bits per heavy atom. The van der Waals surface area contributed by atoms with Gasteiger partial charge in [0.05, 0.1) is 6.10 Å². The number of nitrogens with zero attached hydrogens (tertiary/aromatic N) is 3. The average Bonchev–Trinajstić information content (AvgIpc) is 3.17. The van der Waals surface area contributed by atoms with Crippen molar-refractivity contribution in [3.63, 3.8) is 0 Å². The van der Waals surface area contributed by atoms with Crippen LogP contribution in [0.15, 0.2) is 6.07 Å². The Kier molecular flexibility index (Phi) is 6.04. The second kappa shape index (κ2) is 8.51. The molecule has 2 N–H and O–H groups in total. The van der Waals surface area contributed by atoms with Gasteiger partial charge in [-0.1, -0.05) is 13.3 Å². The molecule has 1 aromatic heterocycles. The van der Waals surface area contributed by atoms with Gasteiger partial charge in [-0.3, -0.25) is 14.8 Å². The minimum atomic E-state index is -0.262. The summed E-state index contributed by atoms with van der Waals surface area (Å²) >= 11 is 0. The van der Waals surface area contributed by atoms with Crippen molar-refractivity contribution in [1.29, 1.82) is 0 Å². The number of β-amino-alcohol motifs (C(OH)–C–C–N with tert-alkyl or cyclic N) is 1. The fourth-order valence-corrected chi connectivity index (χ4v) is 5.30. The van der Waals surface area contributed by atoms with Crippen LogP contribution in [0.2, 0.25) is 0 Å². The maximum Gasteiger partial charge on any atom is 0.274 e. The molecule has 4 heterocycles. The van der Waals surface area contributed by atoms with E-state index in [9.17, 15) is 9.90 Å². The molecule has 0 bridgehead atoms. The van der Waals surface area contributed by atoms with E-state index < -0.39 is 0 Å². The number of aromatic amines is 1. The molecule has 0 saturated carbocycles. The molecule has 3 aliphatic rings. The van der Waals surface area contributed by atoms with Crippen LogP contribution in [-0.2, 0) is 11.2 Å². The number of hydrogen-bond donors (Lipinski definition) is 2. The molecule has 0 radical (unpaired) electrons. The van der Waals surface area contributed by atoms with E-state index in [2.05, 4.69) is 22.0 Å². The molecule has 7 nitrogen and oxygen atoms in total. The van der Waals surface area contributed by atoms with Crippen LogP contribution in [0.25, 0.3) is 0 Å². The van der Waals surface area contributed by atoms with Crippen molar-refractivity contribution in [2.45, 2.75) is 64.0 Å². The monoisotopic (exact) mass is 390 g/mol. The first-order valence-corrected chi connectivity index (χ1v) is 10.9. The highest BCUT2D eigenvalue weighted by molar-refractivity contribution is 5.92. The molecule has 3 aliphatic heterocycles. The predicted octanol–water partition coefficient (Wildman–Crippen LogP) is 1.83. The number of aromatic nitrogens is 2. The van der Waals surface area contributed by atoms with Crippen LogP contribution >= 0.6 is 0 Å².